The van der Waals surface area contributed by atoms with Gasteiger partial charge in [-0.05, 0) is 73.5 Å². The Balaban J connectivity index is 1.90. The van der Waals surface area contributed by atoms with Crippen molar-refractivity contribution in [3.05, 3.63) is 88.0 Å². The van der Waals surface area contributed by atoms with E-state index in [1.807, 2.05) is 53.3 Å². The van der Waals surface area contributed by atoms with Crippen molar-refractivity contribution in [3.8, 4) is 16.9 Å². The van der Waals surface area contributed by atoms with Crippen LogP contribution >= 0.6 is 23.2 Å². The molecule has 0 saturated heterocycles. The monoisotopic (exact) mass is 417 g/mol. The Morgan fingerprint density at radius 3 is 2.28 bits per heavy atom. The van der Waals surface area contributed by atoms with E-state index in [1.54, 1.807) is 0 Å². The van der Waals surface area contributed by atoms with Crippen molar-refractivity contribution in [2.75, 3.05) is 0 Å². The van der Waals surface area contributed by atoms with Gasteiger partial charge < -0.3 is 0 Å². The molecule has 0 bridgehead atoms. The molecule has 0 unspecified atom stereocenters. The van der Waals surface area contributed by atoms with E-state index < -0.39 is 0 Å². The molecule has 5 aromatic rings. The van der Waals surface area contributed by atoms with Gasteiger partial charge in [-0.25, -0.2) is 4.68 Å². The number of rotatable bonds is 2. The fraction of sp³-hybridized carbons (Fsp3) is 0.0833. The Morgan fingerprint density at radius 2 is 1.52 bits per heavy atom. The molecule has 2 aromatic heterocycles. The number of fused-ring (bicyclic) bond motifs is 3. The van der Waals surface area contributed by atoms with Gasteiger partial charge in [0, 0.05) is 32.6 Å². The Kier molecular flexibility index (Phi) is 4.30. The van der Waals surface area contributed by atoms with Crippen molar-refractivity contribution < 1.29 is 0 Å². The van der Waals surface area contributed by atoms with Crippen molar-refractivity contribution in [2.24, 2.45) is 0 Å². The number of nitrogens with zero attached hydrogens (tertiary/aromatic N) is 3. The van der Waals surface area contributed by atoms with Gasteiger partial charge in [0.05, 0.1) is 16.7 Å². The van der Waals surface area contributed by atoms with Gasteiger partial charge in [-0.3, -0.25) is 4.98 Å². The number of aromatic nitrogens is 3. The predicted molar refractivity (Wildman–Crippen MR) is 121 cm³/mol. The zero-order valence-electron chi connectivity index (χ0n) is 15.9. The molecule has 5 heteroatoms. The first-order valence-corrected chi connectivity index (χ1v) is 10.1. The lowest BCUT2D eigenvalue weighted by Gasteiger charge is -2.06. The summed E-state index contributed by atoms with van der Waals surface area (Å²) in [6.07, 6.45) is 1.90. The molecule has 0 aliphatic rings. The van der Waals surface area contributed by atoms with Crippen molar-refractivity contribution in [1.82, 2.24) is 14.8 Å². The summed E-state index contributed by atoms with van der Waals surface area (Å²) in [6, 6.07) is 19.8. The lowest BCUT2D eigenvalue weighted by molar-refractivity contribution is 0.917. The highest BCUT2D eigenvalue weighted by Gasteiger charge is 2.17. The Morgan fingerprint density at radius 1 is 0.759 bits per heavy atom. The molecule has 0 aliphatic heterocycles. The first-order chi connectivity index (χ1) is 14.0. The summed E-state index contributed by atoms with van der Waals surface area (Å²) in [5.74, 6) is 0. The standard InChI is InChI=1S/C24H17Cl2N3/c1-14-3-4-16(11-15(14)2)23-21-13-27-22-10-7-18(26)12-20(22)24(21)29(28-23)19-8-5-17(25)6-9-19/h3-13H,1-2H3. The summed E-state index contributed by atoms with van der Waals surface area (Å²) >= 11 is 12.4. The van der Waals surface area contributed by atoms with Crippen molar-refractivity contribution in [1.29, 1.82) is 0 Å². The molecular formula is C24H17Cl2N3. The molecular weight excluding hydrogens is 401 g/mol. The van der Waals surface area contributed by atoms with E-state index in [2.05, 4.69) is 37.0 Å². The van der Waals surface area contributed by atoms with Crippen LogP contribution in [-0.4, -0.2) is 14.8 Å². The number of hydrogen-bond donors (Lipinski definition) is 0. The third-order valence-electron chi connectivity index (χ3n) is 5.32. The Labute approximate surface area is 178 Å². The van der Waals surface area contributed by atoms with Gasteiger partial charge in [0.2, 0.25) is 0 Å². The summed E-state index contributed by atoms with van der Waals surface area (Å²) in [5.41, 5.74) is 7.24. The highest BCUT2D eigenvalue weighted by molar-refractivity contribution is 6.32. The van der Waals surface area contributed by atoms with Gasteiger partial charge in [-0.15, -0.1) is 0 Å². The first kappa shape index (κ1) is 18.2. The van der Waals surface area contributed by atoms with Crippen LogP contribution in [0.5, 0.6) is 0 Å². The second kappa shape index (κ2) is 6.87. The molecule has 0 saturated carbocycles. The Bertz CT molecular complexity index is 1390. The van der Waals surface area contributed by atoms with Crippen LogP contribution in [0.3, 0.4) is 0 Å². The lowest BCUT2D eigenvalue weighted by Crippen LogP contribution is -1.97. The molecule has 0 N–H and O–H groups in total. The molecule has 0 spiro atoms. The molecule has 2 heterocycles. The molecule has 0 radical (unpaired) electrons. The van der Waals surface area contributed by atoms with Crippen molar-refractivity contribution >= 4 is 45.0 Å². The molecule has 5 rings (SSSR count). The van der Waals surface area contributed by atoms with Crippen LogP contribution in [0.25, 0.3) is 38.8 Å². The third-order valence-corrected chi connectivity index (χ3v) is 5.81. The average molecular weight is 418 g/mol. The van der Waals surface area contributed by atoms with E-state index >= 15 is 0 Å². The smallest absolute Gasteiger partial charge is 0.102 e. The molecule has 3 nitrogen and oxygen atoms in total. The zero-order chi connectivity index (χ0) is 20.1. The second-order valence-electron chi connectivity index (χ2n) is 7.22. The largest absolute Gasteiger partial charge is 0.255 e. The Hall–Kier alpha value is -2.88. The summed E-state index contributed by atoms with van der Waals surface area (Å²) in [6.45, 7) is 4.23. The normalized spacial score (nSPS) is 11.4. The van der Waals surface area contributed by atoms with Crippen molar-refractivity contribution in [2.45, 2.75) is 13.8 Å². The first-order valence-electron chi connectivity index (χ1n) is 9.32. The predicted octanol–water partition coefficient (Wildman–Crippen LogP) is 7.16. The number of halogens is 2. The van der Waals surface area contributed by atoms with Crippen LogP contribution in [0.2, 0.25) is 10.0 Å². The fourth-order valence-electron chi connectivity index (χ4n) is 3.63. The minimum Gasteiger partial charge on any atom is -0.255 e. The van der Waals surface area contributed by atoms with Gasteiger partial charge >= 0.3 is 0 Å². The van der Waals surface area contributed by atoms with E-state index in [9.17, 15) is 0 Å². The summed E-state index contributed by atoms with van der Waals surface area (Å²) < 4.78 is 1.95. The fourth-order valence-corrected chi connectivity index (χ4v) is 3.93. The average Bonchev–Trinajstić information content (AvgIpc) is 3.11. The number of hydrogen-bond acceptors (Lipinski definition) is 2. The van der Waals surface area contributed by atoms with Crippen LogP contribution in [0, 0.1) is 13.8 Å². The van der Waals surface area contributed by atoms with Crippen LogP contribution in [0.4, 0.5) is 0 Å². The van der Waals surface area contributed by atoms with E-state index in [4.69, 9.17) is 28.3 Å². The van der Waals surface area contributed by atoms with Gasteiger partial charge in [-0.1, -0.05) is 35.3 Å². The summed E-state index contributed by atoms with van der Waals surface area (Å²) in [4.78, 5) is 4.66. The van der Waals surface area contributed by atoms with Crippen molar-refractivity contribution in [3.63, 3.8) is 0 Å². The van der Waals surface area contributed by atoms with Crippen LogP contribution in [0.1, 0.15) is 11.1 Å². The zero-order valence-corrected chi connectivity index (χ0v) is 17.5. The summed E-state index contributed by atoms with van der Waals surface area (Å²) in [5, 5.41) is 8.31. The van der Waals surface area contributed by atoms with E-state index in [0.29, 0.717) is 10.0 Å². The molecule has 0 atom stereocenters. The molecule has 0 fully saturated rings. The van der Waals surface area contributed by atoms with E-state index in [0.717, 1.165) is 38.8 Å². The van der Waals surface area contributed by atoms with Crippen LogP contribution in [-0.2, 0) is 0 Å². The SMILES string of the molecule is Cc1ccc(-c2nn(-c3ccc(Cl)cc3)c3c2cnc2ccc(Cl)cc23)cc1C. The van der Waals surface area contributed by atoms with Crippen LogP contribution < -0.4 is 0 Å². The van der Waals surface area contributed by atoms with Gasteiger partial charge in [0.25, 0.3) is 0 Å². The highest BCUT2D eigenvalue weighted by Crippen LogP contribution is 2.35. The number of benzene rings is 3. The maximum absolute atomic E-state index is 6.33. The molecule has 142 valence electrons. The summed E-state index contributed by atoms with van der Waals surface area (Å²) in [7, 11) is 0. The molecule has 29 heavy (non-hydrogen) atoms. The van der Waals surface area contributed by atoms with E-state index in [-0.39, 0.29) is 0 Å². The quantitative estimate of drug-likeness (QED) is 0.304. The van der Waals surface area contributed by atoms with Gasteiger partial charge in [0.1, 0.15) is 5.69 Å². The molecule has 0 amide bonds. The lowest BCUT2D eigenvalue weighted by atomic mass is 10.0. The third kappa shape index (κ3) is 3.07. The minimum atomic E-state index is 0.670. The van der Waals surface area contributed by atoms with Crippen LogP contribution in [0.15, 0.2) is 66.9 Å². The van der Waals surface area contributed by atoms with E-state index in [1.165, 1.54) is 11.1 Å². The maximum Gasteiger partial charge on any atom is 0.102 e. The minimum absolute atomic E-state index is 0.670. The number of aryl methyl sites for hydroxylation is 2. The molecule has 3 aromatic carbocycles. The second-order valence-corrected chi connectivity index (χ2v) is 8.09. The highest BCUT2D eigenvalue weighted by atomic mass is 35.5. The maximum atomic E-state index is 6.33. The van der Waals surface area contributed by atoms with Gasteiger partial charge in [0.15, 0.2) is 0 Å². The van der Waals surface area contributed by atoms with Gasteiger partial charge in [-0.2, -0.15) is 5.10 Å². The topological polar surface area (TPSA) is 30.7 Å². The molecule has 0 aliphatic carbocycles. The number of pyridine rings is 1.